The molecule has 17 heavy (non-hydrogen) atoms. The zero-order chi connectivity index (χ0) is 12.9. The molecule has 1 aliphatic rings. The molecule has 1 atom stereocenters. The Balaban J connectivity index is 2.46. The molecule has 0 radical (unpaired) electrons. The molecule has 5 nitrogen and oxygen atoms in total. The van der Waals surface area contributed by atoms with E-state index in [-0.39, 0.29) is 12.3 Å². The van der Waals surface area contributed by atoms with Crippen LogP contribution in [0.1, 0.15) is 32.6 Å². The molecule has 0 fully saturated rings. The summed E-state index contributed by atoms with van der Waals surface area (Å²) in [7, 11) is -2.19. The molecule has 1 amide bonds. The lowest BCUT2D eigenvalue weighted by molar-refractivity contribution is -0.120. The van der Waals surface area contributed by atoms with Crippen LogP contribution in [0.15, 0.2) is 12.2 Å². The van der Waals surface area contributed by atoms with Crippen LogP contribution in [0.25, 0.3) is 0 Å². The summed E-state index contributed by atoms with van der Waals surface area (Å²) in [5, 5.41) is 0. The van der Waals surface area contributed by atoms with Crippen LogP contribution in [-0.4, -0.2) is 32.2 Å². The van der Waals surface area contributed by atoms with E-state index in [0.717, 1.165) is 23.6 Å². The van der Waals surface area contributed by atoms with Gasteiger partial charge in [-0.1, -0.05) is 19.1 Å². The van der Waals surface area contributed by atoms with Crippen LogP contribution in [0.2, 0.25) is 0 Å². The van der Waals surface area contributed by atoms with Gasteiger partial charge in [0.25, 0.3) is 0 Å². The van der Waals surface area contributed by atoms with Crippen molar-refractivity contribution in [2.45, 2.75) is 32.6 Å². The predicted molar refractivity (Wildman–Crippen MR) is 66.5 cm³/mol. The smallest absolute Gasteiger partial charge is 0.274 e. The van der Waals surface area contributed by atoms with Crippen LogP contribution in [0.4, 0.5) is 0 Å². The van der Waals surface area contributed by atoms with Crippen LogP contribution < -0.4 is 4.72 Å². The van der Waals surface area contributed by atoms with Crippen molar-refractivity contribution in [3.05, 3.63) is 12.2 Å². The molecule has 98 valence electrons. The van der Waals surface area contributed by atoms with Gasteiger partial charge in [-0.15, -0.1) is 0 Å². The molecule has 0 saturated carbocycles. The highest BCUT2D eigenvalue weighted by Crippen LogP contribution is 2.20. The Bertz CT molecular complexity index is 390. The molecule has 1 N–H and O–H groups in total. The van der Waals surface area contributed by atoms with Crippen molar-refractivity contribution < 1.29 is 13.2 Å². The highest BCUT2D eigenvalue weighted by atomic mass is 32.2. The topological polar surface area (TPSA) is 66.5 Å². The minimum absolute atomic E-state index is 0.182. The Hall–Kier alpha value is -0.880. The van der Waals surface area contributed by atoms with Gasteiger partial charge in [-0.2, -0.15) is 12.7 Å². The first-order valence-corrected chi connectivity index (χ1v) is 7.33. The first-order chi connectivity index (χ1) is 7.95. The van der Waals surface area contributed by atoms with E-state index in [1.54, 1.807) is 0 Å². The monoisotopic (exact) mass is 260 g/mol. The van der Waals surface area contributed by atoms with Crippen molar-refractivity contribution in [1.82, 2.24) is 9.03 Å². The van der Waals surface area contributed by atoms with Crippen LogP contribution in [0.5, 0.6) is 0 Å². The maximum Gasteiger partial charge on any atom is 0.303 e. The van der Waals surface area contributed by atoms with Crippen molar-refractivity contribution in [2.75, 3.05) is 13.6 Å². The molecule has 0 aliphatic heterocycles. The number of nitrogens with one attached hydrogen (secondary N) is 1. The third kappa shape index (κ3) is 4.47. The van der Waals surface area contributed by atoms with Gasteiger partial charge in [-0.3, -0.25) is 4.79 Å². The van der Waals surface area contributed by atoms with Crippen molar-refractivity contribution in [2.24, 2.45) is 5.92 Å². The fourth-order valence-corrected chi connectivity index (χ4v) is 2.75. The third-order valence-electron chi connectivity index (χ3n) is 2.75. The number of rotatable bonds is 6. The molecule has 0 aromatic rings. The van der Waals surface area contributed by atoms with Crippen molar-refractivity contribution >= 4 is 16.1 Å². The maximum atomic E-state index is 11.7. The SMILES string of the molecule is CCCN(C)S(=O)(=O)NC(=O)C[C@H]1C=CCC1. The van der Waals surface area contributed by atoms with Crippen LogP contribution in [0, 0.1) is 5.92 Å². The molecule has 1 rings (SSSR count). The average Bonchev–Trinajstić information content (AvgIpc) is 2.69. The van der Waals surface area contributed by atoms with Crippen molar-refractivity contribution in [3.8, 4) is 0 Å². The van der Waals surface area contributed by atoms with Crippen LogP contribution >= 0.6 is 0 Å². The van der Waals surface area contributed by atoms with E-state index in [0.29, 0.717) is 6.54 Å². The van der Waals surface area contributed by atoms with E-state index in [4.69, 9.17) is 0 Å². The second-order valence-electron chi connectivity index (χ2n) is 4.32. The van der Waals surface area contributed by atoms with Gasteiger partial charge in [0, 0.05) is 20.0 Å². The van der Waals surface area contributed by atoms with Crippen LogP contribution in [-0.2, 0) is 15.0 Å². The standard InChI is InChI=1S/C11H20N2O3S/c1-3-8-13(2)17(15,16)12-11(14)9-10-6-4-5-7-10/h4,6,10H,3,5,7-9H2,1-2H3,(H,12,14)/t10-/m0/s1. The number of nitrogens with zero attached hydrogens (tertiary/aromatic N) is 1. The Kier molecular flexibility index (Phi) is 5.14. The number of hydrogen-bond donors (Lipinski definition) is 1. The summed E-state index contributed by atoms with van der Waals surface area (Å²) in [6, 6.07) is 0. The number of allylic oxidation sites excluding steroid dienone is 2. The average molecular weight is 260 g/mol. The molecule has 0 saturated heterocycles. The summed E-state index contributed by atoms with van der Waals surface area (Å²) in [6.45, 7) is 2.29. The Morgan fingerprint density at radius 3 is 2.76 bits per heavy atom. The van der Waals surface area contributed by atoms with E-state index in [2.05, 4.69) is 4.72 Å². The van der Waals surface area contributed by atoms with Crippen molar-refractivity contribution in [1.29, 1.82) is 0 Å². The molecule has 0 unspecified atom stereocenters. The number of amides is 1. The van der Waals surface area contributed by atoms with Gasteiger partial charge < -0.3 is 0 Å². The Morgan fingerprint density at radius 1 is 1.53 bits per heavy atom. The number of hydrogen-bond acceptors (Lipinski definition) is 3. The molecule has 0 aromatic carbocycles. The predicted octanol–water partition coefficient (Wildman–Crippen LogP) is 1.05. The summed E-state index contributed by atoms with van der Waals surface area (Å²) in [5.41, 5.74) is 0. The number of carbonyl (C=O) groups excluding carboxylic acids is 1. The lowest BCUT2D eigenvalue weighted by atomic mass is 10.1. The van der Waals surface area contributed by atoms with Gasteiger partial charge in [0.1, 0.15) is 0 Å². The van der Waals surface area contributed by atoms with Gasteiger partial charge >= 0.3 is 10.2 Å². The largest absolute Gasteiger partial charge is 0.303 e. The summed E-state index contributed by atoms with van der Waals surface area (Å²) < 4.78 is 26.6. The first kappa shape index (κ1) is 14.2. The van der Waals surface area contributed by atoms with E-state index in [9.17, 15) is 13.2 Å². The lowest BCUT2D eigenvalue weighted by Gasteiger charge is -2.17. The fraction of sp³-hybridized carbons (Fsp3) is 0.727. The second-order valence-corrected chi connectivity index (χ2v) is 6.10. The molecule has 0 aromatic heterocycles. The van der Waals surface area contributed by atoms with E-state index >= 15 is 0 Å². The Labute approximate surface area is 103 Å². The van der Waals surface area contributed by atoms with E-state index in [1.165, 1.54) is 7.05 Å². The number of carbonyl (C=O) groups is 1. The maximum absolute atomic E-state index is 11.7. The van der Waals surface area contributed by atoms with Gasteiger partial charge in [-0.25, -0.2) is 4.72 Å². The van der Waals surface area contributed by atoms with Gasteiger partial charge in [0.05, 0.1) is 0 Å². The summed E-state index contributed by atoms with van der Waals surface area (Å²) in [6.07, 6.45) is 6.86. The molecular weight excluding hydrogens is 240 g/mol. The molecule has 0 spiro atoms. The zero-order valence-corrected chi connectivity index (χ0v) is 11.2. The normalized spacial score (nSPS) is 19.8. The van der Waals surface area contributed by atoms with Crippen LogP contribution in [0.3, 0.4) is 0 Å². The molecule has 1 aliphatic carbocycles. The molecular formula is C11H20N2O3S. The quantitative estimate of drug-likeness (QED) is 0.726. The molecule has 6 heteroatoms. The highest BCUT2D eigenvalue weighted by molar-refractivity contribution is 7.87. The Morgan fingerprint density at radius 2 is 2.24 bits per heavy atom. The van der Waals surface area contributed by atoms with Crippen molar-refractivity contribution in [3.63, 3.8) is 0 Å². The minimum atomic E-state index is -3.65. The van der Waals surface area contributed by atoms with E-state index < -0.39 is 16.1 Å². The molecule has 0 bridgehead atoms. The second kappa shape index (κ2) is 6.16. The molecule has 0 heterocycles. The lowest BCUT2D eigenvalue weighted by Crippen LogP contribution is -2.42. The van der Waals surface area contributed by atoms with Gasteiger partial charge in [0.2, 0.25) is 5.91 Å². The summed E-state index contributed by atoms with van der Waals surface area (Å²) in [4.78, 5) is 11.6. The van der Waals surface area contributed by atoms with Gasteiger partial charge in [-0.05, 0) is 25.2 Å². The summed E-state index contributed by atoms with van der Waals surface area (Å²) in [5.74, 6) is -0.244. The summed E-state index contributed by atoms with van der Waals surface area (Å²) >= 11 is 0. The minimum Gasteiger partial charge on any atom is -0.274 e. The zero-order valence-electron chi connectivity index (χ0n) is 10.3. The van der Waals surface area contributed by atoms with Gasteiger partial charge in [0.15, 0.2) is 0 Å². The highest BCUT2D eigenvalue weighted by Gasteiger charge is 2.21. The first-order valence-electron chi connectivity index (χ1n) is 5.89. The third-order valence-corrected chi connectivity index (χ3v) is 4.24. The van der Waals surface area contributed by atoms with E-state index in [1.807, 2.05) is 19.1 Å². The fourth-order valence-electron chi connectivity index (χ4n) is 1.80.